The number of anilines is 1. The fraction of sp³-hybridized carbons (Fsp3) is 0.556. The molecule has 0 saturated carbocycles. The zero-order valence-corrected chi connectivity index (χ0v) is 9.24. The summed E-state index contributed by atoms with van der Waals surface area (Å²) in [5, 5.41) is 4.26. The van der Waals surface area contributed by atoms with Gasteiger partial charge in [0.25, 0.3) is 5.56 Å². The number of hydrogen-bond donors (Lipinski definition) is 1. The molecular weight excluding hydrogens is 216 g/mol. The average Bonchev–Trinajstić information content (AvgIpc) is 2.18. The summed E-state index contributed by atoms with van der Waals surface area (Å²) in [5.41, 5.74) is 6.11. The second-order valence-electron chi connectivity index (χ2n) is 3.63. The number of nitrogens with zero attached hydrogens (tertiary/aromatic N) is 3. The van der Waals surface area contributed by atoms with Crippen LogP contribution in [0.2, 0.25) is 5.02 Å². The molecule has 0 atom stereocenters. The SMILES string of the molecule is CCn1ncc(N2CC(N)C2)c(Cl)c1=O. The van der Waals surface area contributed by atoms with Crippen LogP contribution in [0.3, 0.4) is 0 Å². The van der Waals surface area contributed by atoms with E-state index < -0.39 is 0 Å². The van der Waals surface area contributed by atoms with Crippen molar-refractivity contribution in [3.05, 3.63) is 21.6 Å². The molecule has 1 aliphatic heterocycles. The van der Waals surface area contributed by atoms with Crippen molar-refractivity contribution in [3.63, 3.8) is 0 Å². The Morgan fingerprint density at radius 2 is 2.33 bits per heavy atom. The Morgan fingerprint density at radius 3 is 2.87 bits per heavy atom. The van der Waals surface area contributed by atoms with E-state index in [0.29, 0.717) is 12.2 Å². The second kappa shape index (κ2) is 3.83. The molecule has 1 saturated heterocycles. The second-order valence-corrected chi connectivity index (χ2v) is 4.01. The Morgan fingerprint density at radius 1 is 1.67 bits per heavy atom. The lowest BCUT2D eigenvalue weighted by atomic mass is 10.1. The van der Waals surface area contributed by atoms with E-state index in [-0.39, 0.29) is 16.6 Å². The van der Waals surface area contributed by atoms with Gasteiger partial charge >= 0.3 is 0 Å². The van der Waals surface area contributed by atoms with Crippen LogP contribution in [0, 0.1) is 0 Å². The number of halogens is 1. The third kappa shape index (κ3) is 1.72. The highest BCUT2D eigenvalue weighted by atomic mass is 35.5. The maximum Gasteiger partial charge on any atom is 0.287 e. The predicted octanol–water partition coefficient (Wildman–Crippen LogP) is 0.0639. The molecule has 2 heterocycles. The molecule has 5 nitrogen and oxygen atoms in total. The summed E-state index contributed by atoms with van der Waals surface area (Å²) in [6.45, 7) is 3.84. The first-order chi connectivity index (χ1) is 7.13. The van der Waals surface area contributed by atoms with Crippen LogP contribution in [-0.4, -0.2) is 28.9 Å². The Labute approximate surface area is 92.4 Å². The molecule has 82 valence electrons. The largest absolute Gasteiger partial charge is 0.366 e. The summed E-state index contributed by atoms with van der Waals surface area (Å²) in [7, 11) is 0. The minimum Gasteiger partial charge on any atom is -0.366 e. The van der Waals surface area contributed by atoms with Gasteiger partial charge in [0.1, 0.15) is 5.02 Å². The maximum atomic E-state index is 11.7. The number of rotatable bonds is 2. The van der Waals surface area contributed by atoms with Crippen LogP contribution in [0.5, 0.6) is 0 Å². The monoisotopic (exact) mass is 228 g/mol. The van der Waals surface area contributed by atoms with Crippen molar-refractivity contribution in [2.75, 3.05) is 18.0 Å². The van der Waals surface area contributed by atoms with Gasteiger partial charge in [0, 0.05) is 25.7 Å². The van der Waals surface area contributed by atoms with Crippen molar-refractivity contribution in [2.45, 2.75) is 19.5 Å². The van der Waals surface area contributed by atoms with Gasteiger partial charge in [0.15, 0.2) is 0 Å². The van der Waals surface area contributed by atoms with Crippen LogP contribution in [-0.2, 0) is 6.54 Å². The average molecular weight is 229 g/mol. The van der Waals surface area contributed by atoms with Crippen LogP contribution in [0.15, 0.2) is 11.0 Å². The Kier molecular flexibility index (Phi) is 2.67. The highest BCUT2D eigenvalue weighted by molar-refractivity contribution is 6.33. The van der Waals surface area contributed by atoms with Crippen LogP contribution in [0.4, 0.5) is 5.69 Å². The molecule has 0 amide bonds. The molecule has 1 fully saturated rings. The summed E-state index contributed by atoms with van der Waals surface area (Å²) >= 11 is 5.98. The maximum absolute atomic E-state index is 11.7. The number of aryl methyl sites for hydroxylation is 1. The summed E-state index contributed by atoms with van der Waals surface area (Å²) in [5.74, 6) is 0. The van der Waals surface area contributed by atoms with Crippen molar-refractivity contribution in [1.29, 1.82) is 0 Å². The van der Waals surface area contributed by atoms with E-state index in [0.717, 1.165) is 13.1 Å². The molecule has 0 radical (unpaired) electrons. The van der Waals surface area contributed by atoms with Gasteiger partial charge in [-0.25, -0.2) is 4.68 Å². The molecule has 1 aliphatic rings. The molecule has 2 N–H and O–H groups in total. The fourth-order valence-corrected chi connectivity index (χ4v) is 1.88. The molecule has 6 heteroatoms. The fourth-order valence-electron chi connectivity index (χ4n) is 1.61. The summed E-state index contributed by atoms with van der Waals surface area (Å²) in [6.07, 6.45) is 1.62. The highest BCUT2D eigenvalue weighted by Gasteiger charge is 2.26. The van der Waals surface area contributed by atoms with E-state index in [9.17, 15) is 4.79 Å². The molecule has 15 heavy (non-hydrogen) atoms. The van der Waals surface area contributed by atoms with Crippen molar-refractivity contribution in [1.82, 2.24) is 9.78 Å². The Hall–Kier alpha value is -1.07. The molecule has 0 aromatic carbocycles. The highest BCUT2D eigenvalue weighted by Crippen LogP contribution is 2.24. The van der Waals surface area contributed by atoms with Crippen molar-refractivity contribution >= 4 is 17.3 Å². The lowest BCUT2D eigenvalue weighted by molar-refractivity contribution is 0.515. The van der Waals surface area contributed by atoms with E-state index in [1.807, 2.05) is 11.8 Å². The smallest absolute Gasteiger partial charge is 0.287 e. The normalized spacial score (nSPS) is 16.6. The lowest BCUT2D eigenvalue weighted by Gasteiger charge is -2.38. The van der Waals surface area contributed by atoms with Crippen molar-refractivity contribution in [3.8, 4) is 0 Å². The van der Waals surface area contributed by atoms with Gasteiger partial charge in [-0.15, -0.1) is 0 Å². The van der Waals surface area contributed by atoms with Gasteiger partial charge in [0.05, 0.1) is 11.9 Å². The van der Waals surface area contributed by atoms with E-state index in [1.54, 1.807) is 6.20 Å². The van der Waals surface area contributed by atoms with Gasteiger partial charge in [-0.2, -0.15) is 5.10 Å². The molecule has 0 spiro atoms. The predicted molar refractivity (Wildman–Crippen MR) is 59.4 cm³/mol. The molecule has 1 aromatic rings. The zero-order chi connectivity index (χ0) is 11.0. The van der Waals surface area contributed by atoms with Crippen LogP contribution in [0.25, 0.3) is 0 Å². The first-order valence-corrected chi connectivity index (χ1v) is 5.27. The van der Waals surface area contributed by atoms with Gasteiger partial charge in [-0.1, -0.05) is 11.6 Å². The minimum absolute atomic E-state index is 0.176. The first kappa shape index (κ1) is 10.4. The zero-order valence-electron chi connectivity index (χ0n) is 8.48. The Bertz CT molecular complexity index is 425. The summed E-state index contributed by atoms with van der Waals surface area (Å²) in [4.78, 5) is 13.6. The third-order valence-electron chi connectivity index (χ3n) is 2.52. The van der Waals surface area contributed by atoms with Crippen LogP contribution in [0.1, 0.15) is 6.92 Å². The quantitative estimate of drug-likeness (QED) is 0.778. The molecular formula is C9H13ClN4O. The van der Waals surface area contributed by atoms with Gasteiger partial charge in [-0.05, 0) is 6.92 Å². The standard InChI is InChI=1S/C9H13ClN4O/c1-2-14-9(15)8(10)7(3-12-14)13-4-6(11)5-13/h3,6H,2,4-5,11H2,1H3. The molecule has 0 unspecified atom stereocenters. The van der Waals surface area contributed by atoms with E-state index in [1.165, 1.54) is 4.68 Å². The number of nitrogens with two attached hydrogens (primary N) is 1. The van der Waals surface area contributed by atoms with Crippen LogP contribution >= 0.6 is 11.6 Å². The Balaban J connectivity index is 2.34. The molecule has 2 rings (SSSR count). The summed E-state index contributed by atoms with van der Waals surface area (Å²) in [6, 6.07) is 0.176. The minimum atomic E-state index is -0.239. The van der Waals surface area contributed by atoms with E-state index in [4.69, 9.17) is 17.3 Å². The molecule has 1 aromatic heterocycles. The molecule has 0 aliphatic carbocycles. The number of aromatic nitrogens is 2. The topological polar surface area (TPSA) is 64.2 Å². The lowest BCUT2D eigenvalue weighted by Crippen LogP contribution is -2.56. The van der Waals surface area contributed by atoms with E-state index >= 15 is 0 Å². The van der Waals surface area contributed by atoms with Gasteiger partial charge in [-0.3, -0.25) is 4.79 Å². The van der Waals surface area contributed by atoms with E-state index in [2.05, 4.69) is 5.10 Å². The molecule has 0 bridgehead atoms. The van der Waals surface area contributed by atoms with Gasteiger partial charge < -0.3 is 10.6 Å². The van der Waals surface area contributed by atoms with Crippen molar-refractivity contribution in [2.24, 2.45) is 5.73 Å². The van der Waals surface area contributed by atoms with Gasteiger partial charge in [0.2, 0.25) is 0 Å². The first-order valence-electron chi connectivity index (χ1n) is 4.89. The third-order valence-corrected chi connectivity index (χ3v) is 2.87. The van der Waals surface area contributed by atoms with Crippen LogP contribution < -0.4 is 16.2 Å². The van der Waals surface area contributed by atoms with Crippen molar-refractivity contribution < 1.29 is 0 Å². The summed E-state index contributed by atoms with van der Waals surface area (Å²) < 4.78 is 1.34. The number of hydrogen-bond acceptors (Lipinski definition) is 4.